The highest BCUT2D eigenvalue weighted by molar-refractivity contribution is 5.97. The molecule has 0 saturated carbocycles. The number of para-hydroxylation sites is 1. The fourth-order valence-corrected chi connectivity index (χ4v) is 5.00. The highest BCUT2D eigenvalue weighted by Gasteiger charge is 2.51. The maximum Gasteiger partial charge on any atom is 0.349 e. The summed E-state index contributed by atoms with van der Waals surface area (Å²) in [6, 6.07) is 8.74. The van der Waals surface area contributed by atoms with Crippen LogP contribution in [0.25, 0.3) is 11.0 Å². The van der Waals surface area contributed by atoms with Crippen molar-refractivity contribution in [3.8, 4) is 0 Å². The maximum atomic E-state index is 13.2. The first-order valence-corrected chi connectivity index (χ1v) is 11.0. The SMILES string of the molecule is O=C(c1cc2ccccc2oc1=O)N1CCC2(CCN(CCN3CCOCC3)C2=O)C1. The van der Waals surface area contributed by atoms with Crippen molar-refractivity contribution in [3.05, 3.63) is 46.3 Å². The highest BCUT2D eigenvalue weighted by atomic mass is 16.5. The van der Waals surface area contributed by atoms with Gasteiger partial charge in [-0.3, -0.25) is 14.5 Å². The number of carbonyl (C=O) groups excluding carboxylic acids is 2. The Bertz CT molecular complexity index is 1060. The van der Waals surface area contributed by atoms with Gasteiger partial charge in [-0.15, -0.1) is 0 Å². The van der Waals surface area contributed by atoms with Gasteiger partial charge in [0, 0.05) is 51.2 Å². The van der Waals surface area contributed by atoms with Gasteiger partial charge in [-0.1, -0.05) is 18.2 Å². The van der Waals surface area contributed by atoms with Gasteiger partial charge in [-0.25, -0.2) is 4.79 Å². The van der Waals surface area contributed by atoms with Crippen molar-refractivity contribution in [1.29, 1.82) is 0 Å². The van der Waals surface area contributed by atoms with Crippen LogP contribution in [0.2, 0.25) is 0 Å². The van der Waals surface area contributed by atoms with E-state index in [0.29, 0.717) is 37.0 Å². The van der Waals surface area contributed by atoms with Crippen LogP contribution in [0.5, 0.6) is 0 Å². The number of amides is 2. The lowest BCUT2D eigenvalue weighted by molar-refractivity contribution is -0.135. The van der Waals surface area contributed by atoms with Gasteiger partial charge < -0.3 is 19.0 Å². The normalized spacial score (nSPS) is 24.6. The second kappa shape index (κ2) is 8.09. The van der Waals surface area contributed by atoms with Gasteiger partial charge in [0.1, 0.15) is 11.1 Å². The fourth-order valence-electron chi connectivity index (χ4n) is 5.00. The minimum Gasteiger partial charge on any atom is -0.422 e. The average Bonchev–Trinajstić information content (AvgIpc) is 3.36. The van der Waals surface area contributed by atoms with Gasteiger partial charge in [0.2, 0.25) is 5.91 Å². The summed E-state index contributed by atoms with van der Waals surface area (Å²) in [7, 11) is 0. The predicted molar refractivity (Wildman–Crippen MR) is 114 cm³/mol. The molecule has 8 heteroatoms. The van der Waals surface area contributed by atoms with Gasteiger partial charge >= 0.3 is 5.63 Å². The topological polar surface area (TPSA) is 83.3 Å². The third kappa shape index (κ3) is 3.74. The summed E-state index contributed by atoms with van der Waals surface area (Å²) in [5, 5.41) is 0.714. The number of rotatable bonds is 4. The predicted octanol–water partition coefficient (Wildman–Crippen LogP) is 1.19. The first kappa shape index (κ1) is 20.2. The quantitative estimate of drug-likeness (QED) is 0.685. The molecule has 3 fully saturated rings. The lowest BCUT2D eigenvalue weighted by Crippen LogP contribution is -2.44. The smallest absolute Gasteiger partial charge is 0.349 e. The molecule has 2 amide bonds. The Balaban J connectivity index is 1.26. The molecule has 4 heterocycles. The second-order valence-corrected chi connectivity index (χ2v) is 8.74. The van der Waals surface area contributed by atoms with Gasteiger partial charge in [0.05, 0.1) is 18.6 Å². The number of hydrogen-bond donors (Lipinski definition) is 0. The van der Waals surface area contributed by atoms with Crippen LogP contribution in [-0.2, 0) is 9.53 Å². The molecule has 3 saturated heterocycles. The summed E-state index contributed by atoms with van der Waals surface area (Å²) in [5.74, 6) is -0.211. The fraction of sp³-hybridized carbons (Fsp3) is 0.522. The number of likely N-dealkylation sites (tertiary alicyclic amines) is 2. The van der Waals surface area contributed by atoms with Gasteiger partial charge in [0.25, 0.3) is 5.91 Å². The summed E-state index contributed by atoms with van der Waals surface area (Å²) in [5.41, 5.74) is -0.652. The molecule has 1 atom stereocenters. The van der Waals surface area contributed by atoms with Crippen LogP contribution in [0.15, 0.2) is 39.5 Å². The number of nitrogens with zero attached hydrogens (tertiary/aromatic N) is 3. The molecule has 0 aliphatic carbocycles. The van der Waals surface area contributed by atoms with E-state index >= 15 is 0 Å². The van der Waals surface area contributed by atoms with Crippen LogP contribution in [-0.4, -0.2) is 85.5 Å². The molecule has 5 rings (SSSR count). The van der Waals surface area contributed by atoms with E-state index in [0.717, 1.165) is 45.8 Å². The summed E-state index contributed by atoms with van der Waals surface area (Å²) in [6.07, 6.45) is 1.40. The van der Waals surface area contributed by atoms with Crippen molar-refractivity contribution in [2.24, 2.45) is 5.41 Å². The first-order valence-electron chi connectivity index (χ1n) is 11.0. The van der Waals surface area contributed by atoms with Crippen LogP contribution in [0.1, 0.15) is 23.2 Å². The van der Waals surface area contributed by atoms with Crippen LogP contribution < -0.4 is 5.63 Å². The van der Waals surface area contributed by atoms with Crippen LogP contribution in [0.3, 0.4) is 0 Å². The molecule has 2 aromatic rings. The van der Waals surface area contributed by atoms with Crippen molar-refractivity contribution in [3.63, 3.8) is 0 Å². The van der Waals surface area contributed by atoms with Crippen molar-refractivity contribution in [2.75, 3.05) is 59.0 Å². The first-order chi connectivity index (χ1) is 15.1. The maximum absolute atomic E-state index is 13.2. The number of hydrogen-bond acceptors (Lipinski definition) is 6. The van der Waals surface area contributed by atoms with Crippen molar-refractivity contribution in [2.45, 2.75) is 12.8 Å². The Morgan fingerprint density at radius 2 is 1.77 bits per heavy atom. The number of morpholine rings is 1. The van der Waals surface area contributed by atoms with Gasteiger partial charge in [0.15, 0.2) is 0 Å². The molecule has 31 heavy (non-hydrogen) atoms. The Kier molecular flexibility index (Phi) is 5.27. The van der Waals surface area contributed by atoms with Crippen molar-refractivity contribution in [1.82, 2.24) is 14.7 Å². The lowest BCUT2D eigenvalue weighted by Gasteiger charge is -2.29. The lowest BCUT2D eigenvalue weighted by atomic mass is 9.85. The minimum absolute atomic E-state index is 0.0327. The molecular formula is C23H27N3O5. The van der Waals surface area contributed by atoms with Gasteiger partial charge in [-0.2, -0.15) is 0 Å². The van der Waals surface area contributed by atoms with Crippen molar-refractivity contribution < 1.29 is 18.7 Å². The average molecular weight is 425 g/mol. The Morgan fingerprint density at radius 3 is 2.61 bits per heavy atom. The molecule has 1 unspecified atom stereocenters. The number of carbonyl (C=O) groups is 2. The molecule has 0 N–H and O–H groups in total. The van der Waals surface area contributed by atoms with E-state index in [9.17, 15) is 14.4 Å². The third-order valence-corrected chi connectivity index (χ3v) is 6.90. The number of fused-ring (bicyclic) bond motifs is 1. The summed E-state index contributed by atoms with van der Waals surface area (Å²) in [6.45, 7) is 6.44. The monoisotopic (exact) mass is 425 g/mol. The summed E-state index contributed by atoms with van der Waals surface area (Å²) in [4.78, 5) is 44.6. The largest absolute Gasteiger partial charge is 0.422 e. The molecular weight excluding hydrogens is 398 g/mol. The Hall–Kier alpha value is -2.71. The third-order valence-electron chi connectivity index (χ3n) is 6.90. The van der Waals surface area contributed by atoms with Crippen LogP contribution in [0.4, 0.5) is 0 Å². The number of benzene rings is 1. The molecule has 0 bridgehead atoms. The summed E-state index contributed by atoms with van der Waals surface area (Å²) >= 11 is 0. The molecule has 1 aromatic heterocycles. The van der Waals surface area contributed by atoms with Crippen molar-refractivity contribution >= 4 is 22.8 Å². The molecule has 164 valence electrons. The Labute approximate surface area is 180 Å². The van der Waals surface area contributed by atoms with E-state index in [2.05, 4.69) is 4.90 Å². The molecule has 3 aliphatic heterocycles. The van der Waals surface area contributed by atoms with Gasteiger partial charge in [-0.05, 0) is 25.0 Å². The summed E-state index contributed by atoms with van der Waals surface area (Å²) < 4.78 is 10.7. The van der Waals surface area contributed by atoms with E-state index in [1.165, 1.54) is 0 Å². The molecule has 3 aliphatic rings. The molecule has 8 nitrogen and oxygen atoms in total. The van der Waals surface area contributed by atoms with Crippen LogP contribution >= 0.6 is 0 Å². The van der Waals surface area contributed by atoms with Crippen LogP contribution in [0, 0.1) is 5.41 Å². The standard InChI is InChI=1S/C23H27N3O5/c27-20(18-15-17-3-1-2-4-19(17)31-21(18)28)26-8-6-23(16-26)5-7-25(22(23)29)10-9-24-11-13-30-14-12-24/h1-4,15H,5-14,16H2. The second-order valence-electron chi connectivity index (χ2n) is 8.74. The molecule has 1 aromatic carbocycles. The minimum atomic E-state index is -0.630. The highest BCUT2D eigenvalue weighted by Crippen LogP contribution is 2.41. The van der Waals surface area contributed by atoms with E-state index in [4.69, 9.17) is 9.15 Å². The zero-order chi connectivity index (χ0) is 21.4. The zero-order valence-corrected chi connectivity index (χ0v) is 17.5. The van der Waals surface area contributed by atoms with E-state index in [-0.39, 0.29) is 17.4 Å². The van der Waals surface area contributed by atoms with E-state index in [1.54, 1.807) is 23.1 Å². The van der Waals surface area contributed by atoms with E-state index < -0.39 is 11.0 Å². The molecule has 1 spiro atoms. The number of ether oxygens (including phenoxy) is 1. The van der Waals surface area contributed by atoms with E-state index in [1.807, 2.05) is 17.0 Å². The Morgan fingerprint density at radius 1 is 1.00 bits per heavy atom. The molecule has 0 radical (unpaired) electrons. The zero-order valence-electron chi connectivity index (χ0n) is 17.5.